The minimum absolute atomic E-state index is 0.0801. The lowest BCUT2D eigenvalue weighted by atomic mass is 9.85. The van der Waals surface area contributed by atoms with Gasteiger partial charge in [-0.25, -0.2) is 4.98 Å². The van der Waals surface area contributed by atoms with Crippen molar-refractivity contribution in [1.82, 2.24) is 20.3 Å². The smallest absolute Gasteiger partial charge is 0.252 e. The molecule has 3 aromatic rings. The van der Waals surface area contributed by atoms with Crippen molar-refractivity contribution in [1.29, 1.82) is 0 Å². The predicted octanol–water partition coefficient (Wildman–Crippen LogP) is 3.23. The highest BCUT2D eigenvalue weighted by molar-refractivity contribution is 6.32. The van der Waals surface area contributed by atoms with Crippen LogP contribution in [0, 0.1) is 0 Å². The number of carbonyl (C=O) groups is 2. The van der Waals surface area contributed by atoms with E-state index in [4.69, 9.17) is 27.9 Å². The fraction of sp³-hybridized carbons (Fsp3) is 0.348. The summed E-state index contributed by atoms with van der Waals surface area (Å²) in [5.74, 6) is -0.492. The molecule has 9 nitrogen and oxygen atoms in total. The highest BCUT2D eigenvalue weighted by Crippen LogP contribution is 2.35. The predicted molar refractivity (Wildman–Crippen MR) is 126 cm³/mol. The first-order chi connectivity index (χ1) is 16.2. The second-order valence-corrected chi connectivity index (χ2v) is 9.08. The van der Waals surface area contributed by atoms with Crippen LogP contribution in [0.3, 0.4) is 0 Å². The molecule has 2 aromatic carbocycles. The molecule has 34 heavy (non-hydrogen) atoms. The number of imidazole rings is 1. The number of ether oxygens (including phenoxy) is 1. The SMILES string of the molecule is COC[C@H](NC(=O)c1ccc(C2(O)CCCN(O)CC2=O)c(Cl)c1)c1nc2ccc(Cl)cc2[nH]1. The Morgan fingerprint density at radius 3 is 2.85 bits per heavy atom. The van der Waals surface area contributed by atoms with Crippen molar-refractivity contribution in [2.45, 2.75) is 24.5 Å². The Balaban J connectivity index is 1.57. The van der Waals surface area contributed by atoms with Crippen LogP contribution in [0.2, 0.25) is 10.0 Å². The lowest BCUT2D eigenvalue weighted by molar-refractivity contribution is -0.148. The van der Waals surface area contributed by atoms with Gasteiger partial charge in [-0.1, -0.05) is 29.3 Å². The molecule has 0 spiro atoms. The summed E-state index contributed by atoms with van der Waals surface area (Å²) in [5.41, 5.74) is 0.0338. The van der Waals surface area contributed by atoms with Crippen molar-refractivity contribution in [2.24, 2.45) is 0 Å². The molecule has 0 radical (unpaired) electrons. The average Bonchev–Trinajstić information content (AvgIpc) is 3.15. The minimum atomic E-state index is -1.84. The second kappa shape index (κ2) is 9.99. The number of benzene rings is 2. The van der Waals surface area contributed by atoms with Gasteiger partial charge in [-0.05, 0) is 43.2 Å². The number of aromatic nitrogens is 2. The Kier molecular flexibility index (Phi) is 7.22. The maximum absolute atomic E-state index is 13.0. The van der Waals surface area contributed by atoms with Crippen LogP contribution in [-0.2, 0) is 15.1 Å². The first-order valence-electron chi connectivity index (χ1n) is 10.7. The van der Waals surface area contributed by atoms with Crippen LogP contribution in [0.15, 0.2) is 36.4 Å². The number of hydrogen-bond donors (Lipinski definition) is 4. The number of ketones is 1. The summed E-state index contributed by atoms with van der Waals surface area (Å²) in [6.45, 7) is 0.120. The van der Waals surface area contributed by atoms with Crippen LogP contribution < -0.4 is 5.32 Å². The van der Waals surface area contributed by atoms with Gasteiger partial charge >= 0.3 is 0 Å². The summed E-state index contributed by atoms with van der Waals surface area (Å²) in [5, 5.41) is 25.1. The van der Waals surface area contributed by atoms with Crippen LogP contribution >= 0.6 is 23.2 Å². The van der Waals surface area contributed by atoms with Crippen molar-refractivity contribution >= 4 is 45.9 Å². The summed E-state index contributed by atoms with van der Waals surface area (Å²) in [7, 11) is 1.52. The number of Topliss-reactive ketones (excluding diaryl/α,β-unsaturated/α-hetero) is 1. The Morgan fingerprint density at radius 1 is 1.32 bits per heavy atom. The number of fused-ring (bicyclic) bond motifs is 1. The Labute approximate surface area is 205 Å². The highest BCUT2D eigenvalue weighted by atomic mass is 35.5. The van der Waals surface area contributed by atoms with E-state index >= 15 is 0 Å². The number of nitrogens with zero attached hydrogens (tertiary/aromatic N) is 2. The first kappa shape index (κ1) is 24.6. The van der Waals surface area contributed by atoms with Gasteiger partial charge in [0.05, 0.1) is 24.2 Å². The van der Waals surface area contributed by atoms with Gasteiger partial charge in [0.15, 0.2) is 11.4 Å². The zero-order valence-electron chi connectivity index (χ0n) is 18.3. The van der Waals surface area contributed by atoms with Crippen molar-refractivity contribution in [3.8, 4) is 0 Å². The molecule has 180 valence electrons. The molecule has 0 saturated carbocycles. The molecule has 11 heteroatoms. The van der Waals surface area contributed by atoms with Crippen molar-refractivity contribution in [2.75, 3.05) is 26.8 Å². The topological polar surface area (TPSA) is 128 Å². The van der Waals surface area contributed by atoms with Gasteiger partial charge in [-0.3, -0.25) is 9.59 Å². The molecule has 0 bridgehead atoms. The molecule has 1 amide bonds. The summed E-state index contributed by atoms with van der Waals surface area (Å²) >= 11 is 12.5. The standard InChI is InChI=1S/C23H24Cl2N4O5/c1-34-12-19(21-26-17-6-4-14(24)10-18(17)27-21)28-22(31)13-3-5-15(16(25)9-13)23(32)7-2-8-29(33)11-20(23)30/h3-6,9-10,19,32-33H,2,7-8,11-12H2,1H3,(H,26,27)(H,28,31)/t19-,23?/m0/s1. The first-order valence-corrected chi connectivity index (χ1v) is 11.4. The van der Waals surface area contributed by atoms with E-state index in [9.17, 15) is 19.9 Å². The molecule has 1 saturated heterocycles. The van der Waals surface area contributed by atoms with Gasteiger partial charge in [-0.15, -0.1) is 0 Å². The van der Waals surface area contributed by atoms with Gasteiger partial charge in [0.25, 0.3) is 5.91 Å². The van der Waals surface area contributed by atoms with E-state index in [0.717, 1.165) is 10.6 Å². The van der Waals surface area contributed by atoms with E-state index in [-0.39, 0.29) is 42.3 Å². The van der Waals surface area contributed by atoms with Crippen molar-refractivity contribution in [3.05, 3.63) is 63.4 Å². The van der Waals surface area contributed by atoms with Gasteiger partial charge in [0, 0.05) is 34.8 Å². The number of methoxy groups -OCH3 is 1. The highest BCUT2D eigenvalue weighted by Gasteiger charge is 2.41. The second-order valence-electron chi connectivity index (χ2n) is 8.23. The average molecular weight is 507 g/mol. The third-order valence-corrected chi connectivity index (χ3v) is 6.40. The molecule has 2 heterocycles. The van der Waals surface area contributed by atoms with Crippen LogP contribution in [0.25, 0.3) is 11.0 Å². The van der Waals surface area contributed by atoms with Gasteiger partial charge < -0.3 is 25.4 Å². The monoisotopic (exact) mass is 506 g/mol. The largest absolute Gasteiger partial charge is 0.382 e. The number of rotatable bonds is 6. The van der Waals surface area contributed by atoms with E-state index in [1.807, 2.05) is 0 Å². The number of hydroxylamine groups is 2. The summed E-state index contributed by atoms with van der Waals surface area (Å²) < 4.78 is 5.26. The minimum Gasteiger partial charge on any atom is -0.382 e. The van der Waals surface area contributed by atoms with E-state index < -0.39 is 23.3 Å². The van der Waals surface area contributed by atoms with E-state index in [1.54, 1.807) is 18.2 Å². The molecule has 4 N–H and O–H groups in total. The molecule has 1 unspecified atom stereocenters. The lowest BCUT2D eigenvalue weighted by Crippen LogP contribution is -2.39. The normalized spacial score (nSPS) is 20.3. The molecule has 1 aromatic heterocycles. The molecular weight excluding hydrogens is 483 g/mol. The van der Waals surface area contributed by atoms with E-state index in [2.05, 4.69) is 15.3 Å². The van der Waals surface area contributed by atoms with Crippen molar-refractivity contribution < 1.29 is 24.6 Å². The number of aromatic amines is 1. The maximum Gasteiger partial charge on any atom is 0.252 e. The molecule has 4 rings (SSSR count). The van der Waals surface area contributed by atoms with E-state index in [0.29, 0.717) is 22.8 Å². The Bertz CT molecular complexity index is 1230. The third-order valence-electron chi connectivity index (χ3n) is 5.85. The maximum atomic E-state index is 13.0. The molecule has 2 atom stereocenters. The van der Waals surface area contributed by atoms with E-state index in [1.165, 1.54) is 25.3 Å². The molecule has 1 aliphatic heterocycles. The number of carbonyl (C=O) groups excluding carboxylic acids is 2. The fourth-order valence-corrected chi connectivity index (χ4v) is 4.58. The number of amides is 1. The molecular formula is C23H24Cl2N4O5. The van der Waals surface area contributed by atoms with Crippen LogP contribution in [0.4, 0.5) is 0 Å². The van der Waals surface area contributed by atoms with Crippen molar-refractivity contribution in [3.63, 3.8) is 0 Å². The van der Waals surface area contributed by atoms with Crippen LogP contribution in [-0.4, -0.2) is 63.8 Å². The van der Waals surface area contributed by atoms with Gasteiger partial charge in [0.1, 0.15) is 11.9 Å². The van der Waals surface area contributed by atoms with Gasteiger partial charge in [0.2, 0.25) is 0 Å². The lowest BCUT2D eigenvalue weighted by Gasteiger charge is -2.26. The Morgan fingerprint density at radius 2 is 2.12 bits per heavy atom. The fourth-order valence-electron chi connectivity index (χ4n) is 4.07. The number of nitrogens with one attached hydrogen (secondary N) is 2. The molecule has 1 aliphatic rings. The number of H-pyrrole nitrogens is 1. The van der Waals surface area contributed by atoms with Gasteiger partial charge in [-0.2, -0.15) is 5.06 Å². The van der Waals surface area contributed by atoms with Crippen LogP contribution in [0.5, 0.6) is 0 Å². The summed E-state index contributed by atoms with van der Waals surface area (Å²) in [4.78, 5) is 33.2. The molecule has 1 fully saturated rings. The third kappa shape index (κ3) is 4.95. The van der Waals surface area contributed by atoms with Crippen LogP contribution in [0.1, 0.15) is 40.6 Å². The quantitative estimate of drug-likeness (QED) is 0.404. The Hall–Kier alpha value is -2.53. The number of aliphatic hydroxyl groups is 1. The zero-order chi connectivity index (χ0) is 24.5. The summed E-state index contributed by atoms with van der Waals surface area (Å²) in [6, 6.07) is 9.03. The number of hydrogen-bond acceptors (Lipinski definition) is 7. The molecule has 0 aliphatic carbocycles. The number of halogens is 2. The summed E-state index contributed by atoms with van der Waals surface area (Å²) in [6.07, 6.45) is 0.513. The zero-order valence-corrected chi connectivity index (χ0v) is 19.9.